The van der Waals surface area contributed by atoms with Gasteiger partial charge in [0.1, 0.15) is 5.82 Å². The number of carbonyl (C=O) groups excluding carboxylic acids is 1. The number of sulfonamides is 1. The van der Waals surface area contributed by atoms with E-state index < -0.39 is 15.8 Å². The molecule has 2 heterocycles. The summed E-state index contributed by atoms with van der Waals surface area (Å²) in [6.07, 6.45) is 0. The lowest BCUT2D eigenvalue weighted by molar-refractivity contribution is 0.104. The maximum atomic E-state index is 13.1. The second-order valence-corrected chi connectivity index (χ2v) is 9.16. The van der Waals surface area contributed by atoms with Crippen molar-refractivity contribution in [3.63, 3.8) is 0 Å². The first-order chi connectivity index (χ1) is 11.9. The molecule has 3 aromatic rings. The predicted molar refractivity (Wildman–Crippen MR) is 97.2 cm³/mol. The molecule has 1 N–H and O–H groups in total. The van der Waals surface area contributed by atoms with Crippen LogP contribution in [0.5, 0.6) is 0 Å². The van der Waals surface area contributed by atoms with Crippen LogP contribution in [0.25, 0.3) is 0 Å². The summed E-state index contributed by atoms with van der Waals surface area (Å²) < 4.78 is 40.4. The average molecular weight is 396 g/mol. The quantitative estimate of drug-likeness (QED) is 0.643. The highest BCUT2D eigenvalue weighted by molar-refractivity contribution is 7.89. The topological polar surface area (TPSA) is 63.2 Å². The van der Waals surface area contributed by atoms with E-state index in [2.05, 4.69) is 4.72 Å². The van der Waals surface area contributed by atoms with Crippen molar-refractivity contribution in [2.45, 2.75) is 18.4 Å². The fraction of sp³-hybridized carbons (Fsp3) is 0.118. The van der Waals surface area contributed by atoms with Crippen LogP contribution < -0.4 is 4.72 Å². The molecule has 0 spiro atoms. The summed E-state index contributed by atoms with van der Waals surface area (Å²) in [6.45, 7) is 1.61. The first kappa shape index (κ1) is 17.9. The van der Waals surface area contributed by atoms with E-state index in [4.69, 9.17) is 0 Å². The molecule has 0 bridgehead atoms. The predicted octanol–water partition coefficient (Wildman–Crippen LogP) is 3.97. The van der Waals surface area contributed by atoms with Crippen molar-refractivity contribution in [2.75, 3.05) is 0 Å². The van der Waals surface area contributed by atoms with Gasteiger partial charge in [-0.3, -0.25) is 4.79 Å². The fourth-order valence-electron chi connectivity index (χ4n) is 2.28. The van der Waals surface area contributed by atoms with Crippen molar-refractivity contribution in [3.8, 4) is 0 Å². The Hall–Kier alpha value is -1.87. The molecule has 8 heteroatoms. The summed E-state index contributed by atoms with van der Waals surface area (Å²) in [5, 5.41) is 1.83. The summed E-state index contributed by atoms with van der Waals surface area (Å²) in [6, 6.07) is 10.5. The number of halogens is 1. The van der Waals surface area contributed by atoms with Crippen LogP contribution in [0.1, 0.15) is 25.0 Å². The number of aryl methyl sites for hydroxylation is 1. The molecule has 0 aliphatic carbocycles. The molecule has 2 aromatic heterocycles. The Labute approximate surface area is 153 Å². The van der Waals surface area contributed by atoms with E-state index in [1.807, 2.05) is 11.4 Å². The van der Waals surface area contributed by atoms with Gasteiger partial charge in [-0.2, -0.15) is 0 Å². The van der Waals surface area contributed by atoms with Gasteiger partial charge in [0.05, 0.1) is 14.6 Å². The second-order valence-electron chi connectivity index (χ2n) is 5.31. The van der Waals surface area contributed by atoms with Gasteiger partial charge in [0.25, 0.3) is 0 Å². The van der Waals surface area contributed by atoms with E-state index >= 15 is 0 Å². The van der Waals surface area contributed by atoms with Crippen LogP contribution in [0.2, 0.25) is 0 Å². The highest BCUT2D eigenvalue weighted by atomic mass is 32.2. The van der Waals surface area contributed by atoms with Crippen LogP contribution in [0.4, 0.5) is 4.39 Å². The minimum absolute atomic E-state index is 0.0420. The largest absolute Gasteiger partial charge is 0.287 e. The van der Waals surface area contributed by atoms with E-state index in [9.17, 15) is 17.6 Å². The summed E-state index contributed by atoms with van der Waals surface area (Å²) in [5.74, 6) is -0.546. The molecule has 0 aliphatic rings. The van der Waals surface area contributed by atoms with Crippen LogP contribution in [0.15, 0.2) is 52.7 Å². The number of benzene rings is 1. The zero-order valence-corrected chi connectivity index (χ0v) is 15.6. The van der Waals surface area contributed by atoms with Gasteiger partial charge < -0.3 is 0 Å². The fourth-order valence-corrected chi connectivity index (χ4v) is 5.25. The molecule has 0 fully saturated rings. The standard InChI is InChI=1S/C17H14FNO3S3/c1-11-9-12(18)4-7-16(11)25(21,22)19-10-13-5-6-15(24-13)17(20)14-3-2-8-23-14/h2-9,19H,10H2,1H3. The minimum atomic E-state index is -3.75. The van der Waals surface area contributed by atoms with Gasteiger partial charge in [-0.15, -0.1) is 22.7 Å². The SMILES string of the molecule is Cc1cc(F)ccc1S(=O)(=O)NCc1ccc(C(=O)c2cccs2)s1. The molecule has 25 heavy (non-hydrogen) atoms. The third-order valence-electron chi connectivity index (χ3n) is 3.49. The lowest BCUT2D eigenvalue weighted by Gasteiger charge is -2.08. The van der Waals surface area contributed by atoms with Crippen LogP contribution in [0, 0.1) is 12.7 Å². The third-order valence-corrected chi connectivity index (χ3v) is 7.01. The van der Waals surface area contributed by atoms with E-state index in [0.717, 1.165) is 10.9 Å². The second kappa shape index (κ2) is 7.17. The van der Waals surface area contributed by atoms with Crippen LogP contribution in [0.3, 0.4) is 0 Å². The molecule has 0 saturated carbocycles. The first-order valence-corrected chi connectivity index (χ1v) is 10.5. The lowest BCUT2D eigenvalue weighted by Crippen LogP contribution is -2.23. The molecular weight excluding hydrogens is 381 g/mol. The Bertz CT molecular complexity index is 1010. The monoisotopic (exact) mass is 395 g/mol. The molecular formula is C17H14FNO3S3. The lowest BCUT2D eigenvalue weighted by atomic mass is 10.2. The molecule has 0 atom stereocenters. The molecule has 0 saturated heterocycles. The van der Waals surface area contributed by atoms with Gasteiger partial charge in [0, 0.05) is 11.4 Å². The van der Waals surface area contributed by atoms with Crippen molar-refractivity contribution in [1.29, 1.82) is 0 Å². The number of nitrogens with one attached hydrogen (secondary N) is 1. The summed E-state index contributed by atoms with van der Waals surface area (Å²) >= 11 is 2.62. The van der Waals surface area contributed by atoms with Crippen molar-refractivity contribution >= 4 is 38.5 Å². The number of carbonyl (C=O) groups is 1. The minimum Gasteiger partial charge on any atom is -0.287 e. The molecule has 1 aromatic carbocycles. The molecule has 0 unspecified atom stereocenters. The molecule has 0 aliphatic heterocycles. The van der Waals surface area contributed by atoms with Gasteiger partial charge in [-0.05, 0) is 54.3 Å². The van der Waals surface area contributed by atoms with E-state index in [0.29, 0.717) is 15.3 Å². The van der Waals surface area contributed by atoms with Crippen molar-refractivity contribution < 1.29 is 17.6 Å². The Balaban J connectivity index is 1.72. The van der Waals surface area contributed by atoms with Gasteiger partial charge in [0.2, 0.25) is 15.8 Å². The molecule has 3 rings (SSSR count). The number of rotatable bonds is 6. The van der Waals surface area contributed by atoms with Crippen molar-refractivity contribution in [1.82, 2.24) is 4.72 Å². The van der Waals surface area contributed by atoms with Gasteiger partial charge in [0.15, 0.2) is 0 Å². The average Bonchev–Trinajstić information content (AvgIpc) is 3.24. The maximum absolute atomic E-state index is 13.1. The smallest absolute Gasteiger partial charge is 0.241 e. The third kappa shape index (κ3) is 4.04. The normalized spacial score (nSPS) is 11.6. The Morgan fingerprint density at radius 1 is 1.16 bits per heavy atom. The Morgan fingerprint density at radius 3 is 2.64 bits per heavy atom. The summed E-state index contributed by atoms with van der Waals surface area (Å²) in [5.41, 5.74) is 0.340. The highest BCUT2D eigenvalue weighted by Crippen LogP contribution is 2.23. The van der Waals surface area contributed by atoms with E-state index in [1.165, 1.54) is 34.8 Å². The summed E-state index contributed by atoms with van der Waals surface area (Å²) in [7, 11) is -3.75. The van der Waals surface area contributed by atoms with Crippen LogP contribution in [-0.4, -0.2) is 14.2 Å². The number of ketones is 1. The first-order valence-electron chi connectivity index (χ1n) is 7.29. The highest BCUT2D eigenvalue weighted by Gasteiger charge is 2.18. The summed E-state index contributed by atoms with van der Waals surface area (Å²) in [4.78, 5) is 14.2. The number of hydrogen-bond donors (Lipinski definition) is 1. The Kier molecular flexibility index (Phi) is 5.14. The van der Waals surface area contributed by atoms with E-state index in [1.54, 1.807) is 25.1 Å². The molecule has 0 radical (unpaired) electrons. The van der Waals surface area contributed by atoms with Crippen LogP contribution >= 0.6 is 22.7 Å². The van der Waals surface area contributed by atoms with Crippen molar-refractivity contribution in [2.24, 2.45) is 0 Å². The molecule has 4 nitrogen and oxygen atoms in total. The zero-order valence-electron chi connectivity index (χ0n) is 13.2. The van der Waals surface area contributed by atoms with Gasteiger partial charge >= 0.3 is 0 Å². The van der Waals surface area contributed by atoms with Crippen LogP contribution in [-0.2, 0) is 16.6 Å². The zero-order chi connectivity index (χ0) is 18.0. The molecule has 130 valence electrons. The molecule has 0 amide bonds. The maximum Gasteiger partial charge on any atom is 0.241 e. The van der Waals surface area contributed by atoms with Gasteiger partial charge in [-0.1, -0.05) is 6.07 Å². The van der Waals surface area contributed by atoms with Crippen molar-refractivity contribution in [3.05, 3.63) is 73.9 Å². The Morgan fingerprint density at radius 2 is 1.96 bits per heavy atom. The number of hydrogen-bond acceptors (Lipinski definition) is 5. The van der Waals surface area contributed by atoms with Gasteiger partial charge in [-0.25, -0.2) is 17.5 Å². The number of thiophene rings is 2. The van der Waals surface area contributed by atoms with E-state index in [-0.39, 0.29) is 17.2 Å².